The molecule has 0 saturated carbocycles. The number of pyridine rings is 1. The second-order valence-corrected chi connectivity index (χ2v) is 6.88. The molecule has 136 valence electrons. The van der Waals surface area contributed by atoms with Crippen LogP contribution in [-0.4, -0.2) is 33.3 Å². The smallest absolute Gasteiger partial charge is 0.228 e. The average molecular weight is 349 g/mol. The Bertz CT molecular complexity index is 951. The maximum atomic E-state index is 12.8. The van der Waals surface area contributed by atoms with Gasteiger partial charge < -0.3 is 9.30 Å². The predicted octanol–water partition coefficient (Wildman–Crippen LogP) is 4.34. The van der Waals surface area contributed by atoms with Crippen molar-refractivity contribution in [2.45, 2.75) is 41.0 Å². The summed E-state index contributed by atoms with van der Waals surface area (Å²) in [4.78, 5) is 19.5. The number of nitrogens with zero attached hydrogens (tertiary/aromatic N) is 3. The molecule has 26 heavy (non-hydrogen) atoms. The monoisotopic (exact) mass is 349 g/mol. The van der Waals surface area contributed by atoms with E-state index in [1.54, 1.807) is 0 Å². The first-order chi connectivity index (χ1) is 12.4. The topological polar surface area (TPSA) is 37.6 Å². The molecule has 3 rings (SSSR count). The number of likely N-dealkylation sites (N-methyl/N-ethyl adjacent to an activating group) is 1. The summed E-state index contributed by atoms with van der Waals surface area (Å²) in [6.07, 6.45) is 2.38. The SMILES string of the molecule is CCN(CC)C(=O)Cc1c(-c2ccc(C)c(C)c2)nc2cc(C)ccn12. The van der Waals surface area contributed by atoms with E-state index in [9.17, 15) is 4.79 Å². The first kappa shape index (κ1) is 18.2. The Morgan fingerprint density at radius 1 is 1.04 bits per heavy atom. The lowest BCUT2D eigenvalue weighted by Gasteiger charge is -2.19. The summed E-state index contributed by atoms with van der Waals surface area (Å²) in [5.41, 5.74) is 7.47. The van der Waals surface area contributed by atoms with Crippen LogP contribution < -0.4 is 0 Å². The molecule has 0 aliphatic carbocycles. The van der Waals surface area contributed by atoms with Gasteiger partial charge in [-0.15, -0.1) is 0 Å². The van der Waals surface area contributed by atoms with E-state index < -0.39 is 0 Å². The van der Waals surface area contributed by atoms with Crippen molar-refractivity contribution in [3.05, 3.63) is 58.9 Å². The maximum absolute atomic E-state index is 12.8. The van der Waals surface area contributed by atoms with Gasteiger partial charge in [0.25, 0.3) is 0 Å². The van der Waals surface area contributed by atoms with Crippen LogP contribution in [0.1, 0.15) is 36.2 Å². The number of hydrogen-bond acceptors (Lipinski definition) is 2. The summed E-state index contributed by atoms with van der Waals surface area (Å²) in [5.74, 6) is 0.141. The fourth-order valence-electron chi connectivity index (χ4n) is 3.32. The number of carbonyl (C=O) groups excluding carboxylic acids is 1. The molecule has 0 aliphatic heterocycles. The molecule has 4 heteroatoms. The lowest BCUT2D eigenvalue weighted by atomic mass is 10.0. The molecule has 0 fully saturated rings. The summed E-state index contributed by atoms with van der Waals surface area (Å²) in [6, 6.07) is 10.5. The zero-order valence-electron chi connectivity index (χ0n) is 16.3. The second-order valence-electron chi connectivity index (χ2n) is 6.88. The van der Waals surface area contributed by atoms with Crippen LogP contribution in [0, 0.1) is 20.8 Å². The third-order valence-corrected chi connectivity index (χ3v) is 5.10. The van der Waals surface area contributed by atoms with Crippen LogP contribution in [0.4, 0.5) is 0 Å². The Kier molecular flexibility index (Phi) is 5.12. The molecule has 4 nitrogen and oxygen atoms in total. The Labute approximate surface area is 155 Å². The Morgan fingerprint density at radius 2 is 1.77 bits per heavy atom. The normalized spacial score (nSPS) is 11.1. The zero-order valence-corrected chi connectivity index (χ0v) is 16.3. The molecule has 0 saturated heterocycles. The molecule has 0 N–H and O–H groups in total. The molecule has 3 aromatic rings. The molecular formula is C22H27N3O. The van der Waals surface area contributed by atoms with Crippen molar-refractivity contribution in [1.82, 2.24) is 14.3 Å². The van der Waals surface area contributed by atoms with Gasteiger partial charge in [0.1, 0.15) is 5.65 Å². The molecule has 0 aliphatic rings. The van der Waals surface area contributed by atoms with E-state index in [0.717, 1.165) is 41.3 Å². The fraction of sp³-hybridized carbons (Fsp3) is 0.364. The molecule has 2 aromatic heterocycles. The summed E-state index contributed by atoms with van der Waals surface area (Å²) in [6.45, 7) is 11.8. The minimum atomic E-state index is 0.141. The van der Waals surface area contributed by atoms with Crippen LogP contribution in [0.5, 0.6) is 0 Å². The van der Waals surface area contributed by atoms with Crippen LogP contribution in [-0.2, 0) is 11.2 Å². The van der Waals surface area contributed by atoms with Crippen LogP contribution in [0.2, 0.25) is 0 Å². The van der Waals surface area contributed by atoms with Crippen molar-refractivity contribution in [2.24, 2.45) is 0 Å². The molecule has 0 spiro atoms. The van der Waals surface area contributed by atoms with Crippen LogP contribution in [0.15, 0.2) is 36.5 Å². The third kappa shape index (κ3) is 3.36. The van der Waals surface area contributed by atoms with Gasteiger partial charge in [0, 0.05) is 24.8 Å². The van der Waals surface area contributed by atoms with E-state index in [2.05, 4.69) is 55.5 Å². The summed E-state index contributed by atoms with van der Waals surface area (Å²) >= 11 is 0. The number of benzene rings is 1. The first-order valence-corrected chi connectivity index (χ1v) is 9.27. The van der Waals surface area contributed by atoms with Crippen molar-refractivity contribution in [1.29, 1.82) is 0 Å². The van der Waals surface area contributed by atoms with Gasteiger partial charge in [-0.05, 0) is 69.5 Å². The lowest BCUT2D eigenvalue weighted by Crippen LogP contribution is -2.32. The molecule has 0 radical (unpaired) electrons. The zero-order chi connectivity index (χ0) is 18.8. The highest BCUT2D eigenvalue weighted by molar-refractivity contribution is 5.81. The van der Waals surface area contributed by atoms with Gasteiger partial charge in [0.05, 0.1) is 17.8 Å². The van der Waals surface area contributed by atoms with Gasteiger partial charge >= 0.3 is 0 Å². The Morgan fingerprint density at radius 3 is 2.42 bits per heavy atom. The van der Waals surface area contributed by atoms with Crippen LogP contribution in [0.3, 0.4) is 0 Å². The van der Waals surface area contributed by atoms with Gasteiger partial charge in [-0.25, -0.2) is 4.98 Å². The van der Waals surface area contributed by atoms with Gasteiger partial charge in [-0.2, -0.15) is 0 Å². The lowest BCUT2D eigenvalue weighted by molar-refractivity contribution is -0.130. The molecule has 1 aromatic carbocycles. The summed E-state index contributed by atoms with van der Waals surface area (Å²) in [5, 5.41) is 0. The number of hydrogen-bond donors (Lipinski definition) is 0. The predicted molar refractivity (Wildman–Crippen MR) is 106 cm³/mol. The summed E-state index contributed by atoms with van der Waals surface area (Å²) < 4.78 is 2.05. The average Bonchev–Trinajstić information content (AvgIpc) is 2.96. The highest BCUT2D eigenvalue weighted by Gasteiger charge is 2.19. The Balaban J connectivity index is 2.15. The third-order valence-electron chi connectivity index (χ3n) is 5.10. The minimum Gasteiger partial charge on any atom is -0.343 e. The van der Waals surface area contributed by atoms with E-state index in [1.807, 2.05) is 24.9 Å². The van der Waals surface area contributed by atoms with Crippen LogP contribution in [0.25, 0.3) is 16.9 Å². The number of aromatic nitrogens is 2. The largest absolute Gasteiger partial charge is 0.343 e. The van der Waals surface area contributed by atoms with Crippen molar-refractivity contribution in [2.75, 3.05) is 13.1 Å². The molecule has 0 bridgehead atoms. The van der Waals surface area contributed by atoms with Gasteiger partial charge in [0.15, 0.2) is 0 Å². The van der Waals surface area contributed by atoms with Gasteiger partial charge in [-0.1, -0.05) is 12.1 Å². The Hall–Kier alpha value is -2.62. The molecule has 0 atom stereocenters. The van der Waals surface area contributed by atoms with Crippen molar-refractivity contribution in [3.8, 4) is 11.3 Å². The number of aryl methyl sites for hydroxylation is 3. The highest BCUT2D eigenvalue weighted by Crippen LogP contribution is 2.27. The highest BCUT2D eigenvalue weighted by atomic mass is 16.2. The molecular weight excluding hydrogens is 322 g/mol. The standard InChI is InChI=1S/C22H27N3O/c1-6-24(7-2)21(26)14-19-22(18-9-8-16(4)17(5)13-18)23-20-12-15(3)10-11-25(19)20/h8-13H,6-7,14H2,1-5H3. The van der Waals surface area contributed by atoms with Gasteiger partial charge in [-0.3, -0.25) is 4.79 Å². The summed E-state index contributed by atoms with van der Waals surface area (Å²) in [7, 11) is 0. The molecule has 1 amide bonds. The number of fused-ring (bicyclic) bond motifs is 1. The second kappa shape index (κ2) is 7.32. The van der Waals surface area contributed by atoms with Crippen molar-refractivity contribution in [3.63, 3.8) is 0 Å². The number of imidazole rings is 1. The number of rotatable bonds is 5. The minimum absolute atomic E-state index is 0.141. The van der Waals surface area contributed by atoms with E-state index >= 15 is 0 Å². The van der Waals surface area contributed by atoms with E-state index in [1.165, 1.54) is 11.1 Å². The van der Waals surface area contributed by atoms with E-state index in [0.29, 0.717) is 6.42 Å². The maximum Gasteiger partial charge on any atom is 0.228 e. The number of carbonyl (C=O) groups is 1. The molecule has 2 heterocycles. The van der Waals surface area contributed by atoms with E-state index in [-0.39, 0.29) is 5.91 Å². The van der Waals surface area contributed by atoms with Gasteiger partial charge in [0.2, 0.25) is 5.91 Å². The van der Waals surface area contributed by atoms with Crippen molar-refractivity contribution >= 4 is 11.6 Å². The van der Waals surface area contributed by atoms with Crippen LogP contribution >= 0.6 is 0 Å². The first-order valence-electron chi connectivity index (χ1n) is 9.27. The number of amides is 1. The van der Waals surface area contributed by atoms with E-state index in [4.69, 9.17) is 4.98 Å². The quantitative estimate of drug-likeness (QED) is 0.687. The molecule has 0 unspecified atom stereocenters. The van der Waals surface area contributed by atoms with Crippen molar-refractivity contribution < 1.29 is 4.79 Å². The fourth-order valence-corrected chi connectivity index (χ4v) is 3.32.